The second kappa shape index (κ2) is 8.87. The Morgan fingerprint density at radius 2 is 1.84 bits per heavy atom. The molecule has 0 atom stereocenters. The lowest BCUT2D eigenvalue weighted by molar-refractivity contribution is 0.0697. The molecular formula is C20H24N2O3. The van der Waals surface area contributed by atoms with E-state index in [1.807, 2.05) is 30.3 Å². The molecule has 0 heterocycles. The van der Waals surface area contributed by atoms with Crippen molar-refractivity contribution >= 4 is 17.7 Å². The number of hydrogen-bond donors (Lipinski definition) is 2. The minimum Gasteiger partial charge on any atom is -0.478 e. The first kappa shape index (κ1) is 18.5. The fourth-order valence-corrected chi connectivity index (χ4v) is 2.54. The Balaban J connectivity index is 2.12. The van der Waals surface area contributed by atoms with Gasteiger partial charge in [0.25, 0.3) is 0 Å². The van der Waals surface area contributed by atoms with Gasteiger partial charge >= 0.3 is 12.0 Å². The van der Waals surface area contributed by atoms with Gasteiger partial charge in [0.1, 0.15) is 0 Å². The van der Waals surface area contributed by atoms with Gasteiger partial charge in [0.2, 0.25) is 0 Å². The van der Waals surface area contributed by atoms with Crippen LogP contribution in [0.15, 0.2) is 48.5 Å². The van der Waals surface area contributed by atoms with Crippen LogP contribution in [0.5, 0.6) is 0 Å². The first-order valence-corrected chi connectivity index (χ1v) is 8.45. The molecule has 0 spiro atoms. The molecular weight excluding hydrogens is 316 g/mol. The number of carbonyl (C=O) groups is 2. The van der Waals surface area contributed by atoms with E-state index in [1.54, 1.807) is 24.0 Å². The van der Waals surface area contributed by atoms with Gasteiger partial charge in [-0.15, -0.1) is 0 Å². The topological polar surface area (TPSA) is 69.6 Å². The standard InChI is InChI=1S/C20H24N2O3/c1-3-4-12-22(14-16-8-6-5-7-9-16)20(25)21-18-11-10-17(19(23)24)13-15(18)2/h5-11,13H,3-4,12,14H2,1-2H3,(H,21,25)(H,23,24). The van der Waals surface area contributed by atoms with E-state index >= 15 is 0 Å². The van der Waals surface area contributed by atoms with E-state index in [0.717, 1.165) is 24.0 Å². The average molecular weight is 340 g/mol. The summed E-state index contributed by atoms with van der Waals surface area (Å²) in [5.74, 6) is -0.977. The van der Waals surface area contributed by atoms with Crippen molar-refractivity contribution in [1.29, 1.82) is 0 Å². The van der Waals surface area contributed by atoms with Gasteiger partial charge in [0, 0.05) is 18.8 Å². The number of carbonyl (C=O) groups excluding carboxylic acids is 1. The first-order chi connectivity index (χ1) is 12.0. The van der Waals surface area contributed by atoms with Gasteiger partial charge in [0.05, 0.1) is 5.56 Å². The number of unbranched alkanes of at least 4 members (excludes halogenated alkanes) is 1. The van der Waals surface area contributed by atoms with Gasteiger partial charge in [0.15, 0.2) is 0 Å². The second-order valence-corrected chi connectivity index (χ2v) is 6.03. The van der Waals surface area contributed by atoms with Crippen LogP contribution in [0.2, 0.25) is 0 Å². The molecule has 0 saturated heterocycles. The number of anilines is 1. The number of nitrogens with one attached hydrogen (secondary N) is 1. The third kappa shape index (κ3) is 5.35. The van der Waals surface area contributed by atoms with Crippen molar-refractivity contribution in [2.45, 2.75) is 33.2 Å². The highest BCUT2D eigenvalue weighted by atomic mass is 16.4. The molecule has 5 nitrogen and oxygen atoms in total. The van der Waals surface area contributed by atoms with Crippen LogP contribution in [0.3, 0.4) is 0 Å². The first-order valence-electron chi connectivity index (χ1n) is 8.45. The zero-order valence-electron chi connectivity index (χ0n) is 14.7. The fourth-order valence-electron chi connectivity index (χ4n) is 2.54. The molecule has 2 rings (SSSR count). The lowest BCUT2D eigenvalue weighted by atomic mass is 10.1. The third-order valence-corrected chi connectivity index (χ3v) is 4.00. The zero-order valence-corrected chi connectivity index (χ0v) is 14.7. The highest BCUT2D eigenvalue weighted by Gasteiger charge is 2.15. The normalized spacial score (nSPS) is 10.3. The molecule has 0 aromatic heterocycles. The Hall–Kier alpha value is -2.82. The van der Waals surface area contributed by atoms with E-state index in [9.17, 15) is 9.59 Å². The summed E-state index contributed by atoms with van der Waals surface area (Å²) in [5.41, 5.74) is 2.64. The van der Waals surface area contributed by atoms with E-state index < -0.39 is 5.97 Å². The maximum atomic E-state index is 12.7. The Kier molecular flexibility index (Phi) is 6.57. The minimum atomic E-state index is -0.977. The van der Waals surface area contributed by atoms with Crippen molar-refractivity contribution < 1.29 is 14.7 Å². The third-order valence-electron chi connectivity index (χ3n) is 4.00. The summed E-state index contributed by atoms with van der Waals surface area (Å²) in [6, 6.07) is 14.4. The van der Waals surface area contributed by atoms with Crippen LogP contribution >= 0.6 is 0 Å². The SMILES string of the molecule is CCCCN(Cc1ccccc1)C(=O)Nc1ccc(C(=O)O)cc1C. The number of carboxylic acids is 1. The number of aryl methyl sites for hydroxylation is 1. The number of carboxylic acid groups (broad SMARTS) is 1. The van der Waals surface area contributed by atoms with E-state index in [-0.39, 0.29) is 11.6 Å². The fraction of sp³-hybridized carbons (Fsp3) is 0.300. The summed E-state index contributed by atoms with van der Waals surface area (Å²) in [7, 11) is 0. The molecule has 2 aromatic carbocycles. The van der Waals surface area contributed by atoms with Gasteiger partial charge in [-0.25, -0.2) is 9.59 Å². The van der Waals surface area contributed by atoms with Crippen LogP contribution in [0.25, 0.3) is 0 Å². The number of rotatable bonds is 7. The Morgan fingerprint density at radius 3 is 2.44 bits per heavy atom. The van der Waals surface area contributed by atoms with Crippen LogP contribution in [0, 0.1) is 6.92 Å². The van der Waals surface area contributed by atoms with Crippen molar-refractivity contribution in [1.82, 2.24) is 4.90 Å². The molecule has 0 bridgehead atoms. The Bertz CT molecular complexity index is 729. The highest BCUT2D eigenvalue weighted by molar-refractivity contribution is 5.92. The van der Waals surface area contributed by atoms with Crippen molar-refractivity contribution in [3.8, 4) is 0 Å². The maximum Gasteiger partial charge on any atom is 0.335 e. The predicted molar refractivity (Wildman–Crippen MR) is 98.9 cm³/mol. The van der Waals surface area contributed by atoms with E-state index in [0.29, 0.717) is 18.8 Å². The molecule has 0 fully saturated rings. The zero-order chi connectivity index (χ0) is 18.2. The summed E-state index contributed by atoms with van der Waals surface area (Å²) >= 11 is 0. The molecule has 5 heteroatoms. The molecule has 132 valence electrons. The van der Waals surface area contributed by atoms with Gasteiger partial charge in [-0.3, -0.25) is 0 Å². The Labute approximate surface area is 148 Å². The van der Waals surface area contributed by atoms with Crippen LogP contribution < -0.4 is 5.32 Å². The van der Waals surface area contributed by atoms with Gasteiger partial charge in [-0.2, -0.15) is 0 Å². The number of urea groups is 1. The molecule has 2 aromatic rings. The molecule has 0 saturated carbocycles. The highest BCUT2D eigenvalue weighted by Crippen LogP contribution is 2.18. The molecule has 0 unspecified atom stereocenters. The largest absolute Gasteiger partial charge is 0.478 e. The number of benzene rings is 2. The summed E-state index contributed by atoms with van der Waals surface area (Å²) in [6.07, 6.45) is 1.93. The molecule has 0 aliphatic carbocycles. The number of hydrogen-bond acceptors (Lipinski definition) is 2. The van der Waals surface area contributed by atoms with Crippen molar-refractivity contribution in [2.75, 3.05) is 11.9 Å². The van der Waals surface area contributed by atoms with Crippen LogP contribution in [-0.4, -0.2) is 28.6 Å². The van der Waals surface area contributed by atoms with E-state index in [2.05, 4.69) is 12.2 Å². The predicted octanol–water partition coefficient (Wildman–Crippen LogP) is 4.53. The lowest BCUT2D eigenvalue weighted by Gasteiger charge is -2.23. The lowest BCUT2D eigenvalue weighted by Crippen LogP contribution is -2.35. The summed E-state index contributed by atoms with van der Waals surface area (Å²) in [5, 5.41) is 11.9. The minimum absolute atomic E-state index is 0.177. The van der Waals surface area contributed by atoms with Gasteiger partial charge in [-0.05, 0) is 42.7 Å². The number of nitrogens with zero attached hydrogens (tertiary/aromatic N) is 1. The second-order valence-electron chi connectivity index (χ2n) is 6.03. The van der Waals surface area contributed by atoms with Gasteiger partial charge < -0.3 is 15.3 Å². The van der Waals surface area contributed by atoms with Crippen LogP contribution in [0.1, 0.15) is 41.3 Å². The van der Waals surface area contributed by atoms with Gasteiger partial charge in [-0.1, -0.05) is 43.7 Å². The van der Waals surface area contributed by atoms with E-state index in [4.69, 9.17) is 5.11 Å². The summed E-state index contributed by atoms with van der Waals surface area (Å²) < 4.78 is 0. The molecule has 25 heavy (non-hydrogen) atoms. The van der Waals surface area contributed by atoms with Crippen molar-refractivity contribution in [3.63, 3.8) is 0 Å². The molecule has 2 N–H and O–H groups in total. The number of amides is 2. The van der Waals surface area contributed by atoms with Crippen LogP contribution in [0.4, 0.5) is 10.5 Å². The quantitative estimate of drug-likeness (QED) is 0.778. The maximum absolute atomic E-state index is 12.7. The van der Waals surface area contributed by atoms with E-state index in [1.165, 1.54) is 6.07 Å². The average Bonchev–Trinajstić information content (AvgIpc) is 2.60. The monoisotopic (exact) mass is 340 g/mol. The smallest absolute Gasteiger partial charge is 0.335 e. The Morgan fingerprint density at radius 1 is 1.12 bits per heavy atom. The van der Waals surface area contributed by atoms with Crippen molar-refractivity contribution in [3.05, 3.63) is 65.2 Å². The number of aromatic carboxylic acids is 1. The molecule has 2 amide bonds. The summed E-state index contributed by atoms with van der Waals surface area (Å²) in [4.78, 5) is 25.5. The molecule has 0 aliphatic rings. The summed E-state index contributed by atoms with van der Waals surface area (Å²) in [6.45, 7) is 5.09. The molecule has 0 radical (unpaired) electrons. The molecule has 0 aliphatic heterocycles. The van der Waals surface area contributed by atoms with Crippen LogP contribution in [-0.2, 0) is 6.54 Å². The van der Waals surface area contributed by atoms with Crippen molar-refractivity contribution in [2.24, 2.45) is 0 Å².